The predicted molar refractivity (Wildman–Crippen MR) is 78.2 cm³/mol. The Bertz CT molecular complexity index is 463. The van der Waals surface area contributed by atoms with Gasteiger partial charge in [-0.3, -0.25) is 4.79 Å². The molecule has 1 aromatic carbocycles. The summed E-state index contributed by atoms with van der Waals surface area (Å²) in [4.78, 5) is 14.4. The Morgan fingerprint density at radius 1 is 1.47 bits per heavy atom. The number of nitrogens with two attached hydrogens (primary N) is 1. The fourth-order valence-electron chi connectivity index (χ4n) is 2.59. The summed E-state index contributed by atoms with van der Waals surface area (Å²) in [7, 11) is 0. The van der Waals surface area contributed by atoms with Crippen LogP contribution in [0.3, 0.4) is 0 Å². The van der Waals surface area contributed by atoms with Gasteiger partial charge in [-0.1, -0.05) is 15.9 Å². The molecule has 0 aromatic heterocycles. The van der Waals surface area contributed by atoms with Gasteiger partial charge in [0, 0.05) is 17.1 Å². The molecule has 0 saturated carbocycles. The van der Waals surface area contributed by atoms with E-state index in [1.807, 2.05) is 4.90 Å². The van der Waals surface area contributed by atoms with Crippen LogP contribution in [0.25, 0.3) is 0 Å². The number of amides is 1. The van der Waals surface area contributed by atoms with Crippen LogP contribution in [-0.2, 0) is 0 Å². The molecule has 1 fully saturated rings. The van der Waals surface area contributed by atoms with Crippen LogP contribution in [0.2, 0.25) is 0 Å². The van der Waals surface area contributed by atoms with Crippen molar-refractivity contribution < 1.29 is 9.90 Å². The van der Waals surface area contributed by atoms with Gasteiger partial charge in [-0.15, -0.1) is 0 Å². The van der Waals surface area contributed by atoms with Crippen molar-refractivity contribution in [1.29, 1.82) is 0 Å². The Hall–Kier alpha value is -1.07. The quantitative estimate of drug-likeness (QED) is 0.896. The van der Waals surface area contributed by atoms with Gasteiger partial charge in [0.05, 0.1) is 5.56 Å². The van der Waals surface area contributed by atoms with Gasteiger partial charge in [0.2, 0.25) is 0 Å². The van der Waals surface area contributed by atoms with Gasteiger partial charge >= 0.3 is 0 Å². The number of likely N-dealkylation sites (tertiary alicyclic amines) is 1. The van der Waals surface area contributed by atoms with Crippen molar-refractivity contribution in [1.82, 2.24) is 4.90 Å². The van der Waals surface area contributed by atoms with Crippen molar-refractivity contribution in [3.05, 3.63) is 28.2 Å². The molecule has 1 heterocycles. The molecule has 1 aromatic rings. The molecule has 0 radical (unpaired) electrons. The lowest BCUT2D eigenvalue weighted by atomic mass is 9.98. The van der Waals surface area contributed by atoms with Crippen LogP contribution in [-0.4, -0.2) is 35.0 Å². The summed E-state index contributed by atoms with van der Waals surface area (Å²) in [5.74, 6) is -0.0674. The molecular weight excluding hydrogens is 308 g/mol. The molecule has 0 spiro atoms. The Balaban J connectivity index is 2.23. The fourth-order valence-corrected chi connectivity index (χ4v) is 2.96. The SMILES string of the molecule is NCCC1CCCCN1C(=O)c1cc(Br)ccc1O. The first-order chi connectivity index (χ1) is 9.13. The highest BCUT2D eigenvalue weighted by Crippen LogP contribution is 2.27. The lowest BCUT2D eigenvalue weighted by Gasteiger charge is -2.36. The maximum atomic E-state index is 12.6. The maximum Gasteiger partial charge on any atom is 0.257 e. The number of rotatable bonds is 3. The van der Waals surface area contributed by atoms with Crippen molar-refractivity contribution >= 4 is 21.8 Å². The van der Waals surface area contributed by atoms with Crippen LogP contribution in [0.15, 0.2) is 22.7 Å². The van der Waals surface area contributed by atoms with Gasteiger partial charge < -0.3 is 15.7 Å². The van der Waals surface area contributed by atoms with Crippen LogP contribution >= 0.6 is 15.9 Å². The second-order valence-corrected chi connectivity index (χ2v) is 5.80. The predicted octanol–water partition coefficient (Wildman–Crippen LogP) is 2.50. The van der Waals surface area contributed by atoms with Gasteiger partial charge in [-0.05, 0) is 50.4 Å². The lowest BCUT2D eigenvalue weighted by molar-refractivity contribution is 0.0602. The number of aromatic hydroxyl groups is 1. The normalized spacial score (nSPS) is 19.5. The zero-order chi connectivity index (χ0) is 13.8. The second-order valence-electron chi connectivity index (χ2n) is 4.89. The third kappa shape index (κ3) is 3.28. The monoisotopic (exact) mass is 326 g/mol. The Morgan fingerprint density at radius 2 is 2.26 bits per heavy atom. The summed E-state index contributed by atoms with van der Waals surface area (Å²) in [6.07, 6.45) is 3.97. The molecule has 4 nitrogen and oxygen atoms in total. The van der Waals surface area contributed by atoms with Crippen LogP contribution in [0, 0.1) is 0 Å². The third-order valence-corrected chi connectivity index (χ3v) is 4.07. The summed E-state index contributed by atoms with van der Waals surface area (Å²) in [5.41, 5.74) is 5.98. The minimum Gasteiger partial charge on any atom is -0.507 e. The molecule has 0 aliphatic carbocycles. The summed E-state index contributed by atoms with van der Waals surface area (Å²) in [6, 6.07) is 5.13. The zero-order valence-corrected chi connectivity index (χ0v) is 12.4. The number of piperidine rings is 1. The van der Waals surface area contributed by atoms with Gasteiger partial charge in [0.25, 0.3) is 5.91 Å². The Kier molecular flexibility index (Phi) is 4.82. The van der Waals surface area contributed by atoms with E-state index in [1.165, 1.54) is 0 Å². The summed E-state index contributed by atoms with van der Waals surface area (Å²) >= 11 is 3.33. The highest BCUT2D eigenvalue weighted by molar-refractivity contribution is 9.10. The van der Waals surface area contributed by atoms with Crippen LogP contribution in [0.5, 0.6) is 5.75 Å². The lowest BCUT2D eigenvalue weighted by Crippen LogP contribution is -2.44. The number of carbonyl (C=O) groups excluding carboxylic acids is 1. The number of halogens is 1. The van der Waals surface area contributed by atoms with E-state index >= 15 is 0 Å². The van der Waals surface area contributed by atoms with E-state index in [-0.39, 0.29) is 17.7 Å². The number of benzene rings is 1. The summed E-state index contributed by atoms with van der Waals surface area (Å²) in [6.45, 7) is 1.33. The molecule has 5 heteroatoms. The number of phenolic OH excluding ortho intramolecular Hbond substituents is 1. The molecule has 104 valence electrons. The smallest absolute Gasteiger partial charge is 0.257 e. The first-order valence-electron chi connectivity index (χ1n) is 6.63. The summed E-state index contributed by atoms with van der Waals surface area (Å²) < 4.78 is 0.793. The van der Waals surface area contributed by atoms with E-state index in [0.717, 1.165) is 36.7 Å². The van der Waals surface area contributed by atoms with Crippen molar-refractivity contribution in [2.24, 2.45) is 5.73 Å². The number of phenols is 1. The van der Waals surface area contributed by atoms with Gasteiger partial charge in [-0.2, -0.15) is 0 Å². The molecular formula is C14H19BrN2O2. The molecule has 1 saturated heterocycles. The van der Waals surface area contributed by atoms with E-state index in [0.29, 0.717) is 12.1 Å². The maximum absolute atomic E-state index is 12.6. The third-order valence-electron chi connectivity index (χ3n) is 3.58. The number of carbonyl (C=O) groups is 1. The molecule has 2 rings (SSSR count). The Morgan fingerprint density at radius 3 is 3.00 bits per heavy atom. The first kappa shape index (κ1) is 14.3. The number of nitrogens with zero attached hydrogens (tertiary/aromatic N) is 1. The van der Waals surface area contributed by atoms with Crippen molar-refractivity contribution in [3.63, 3.8) is 0 Å². The van der Waals surface area contributed by atoms with Gasteiger partial charge in [0.1, 0.15) is 5.75 Å². The minimum atomic E-state index is -0.100. The molecule has 1 unspecified atom stereocenters. The van der Waals surface area contributed by atoms with E-state index in [4.69, 9.17) is 5.73 Å². The van der Waals surface area contributed by atoms with Gasteiger partial charge in [0.15, 0.2) is 0 Å². The molecule has 1 aliphatic heterocycles. The van der Waals surface area contributed by atoms with Crippen LogP contribution in [0.1, 0.15) is 36.0 Å². The zero-order valence-electron chi connectivity index (χ0n) is 10.8. The molecule has 1 amide bonds. The average Bonchev–Trinajstić information content (AvgIpc) is 2.42. The summed E-state index contributed by atoms with van der Waals surface area (Å²) in [5, 5.41) is 9.86. The van der Waals surface area contributed by atoms with Crippen molar-refractivity contribution in [2.75, 3.05) is 13.1 Å². The molecule has 3 N–H and O–H groups in total. The fraction of sp³-hybridized carbons (Fsp3) is 0.500. The first-order valence-corrected chi connectivity index (χ1v) is 7.42. The van der Waals surface area contributed by atoms with Crippen LogP contribution in [0.4, 0.5) is 0 Å². The van der Waals surface area contributed by atoms with E-state index in [9.17, 15) is 9.90 Å². The van der Waals surface area contributed by atoms with Crippen LogP contribution < -0.4 is 5.73 Å². The second kappa shape index (κ2) is 6.39. The molecule has 1 atom stereocenters. The van der Waals surface area contributed by atoms with Gasteiger partial charge in [-0.25, -0.2) is 0 Å². The highest BCUT2D eigenvalue weighted by atomic mass is 79.9. The van der Waals surface area contributed by atoms with Crippen molar-refractivity contribution in [2.45, 2.75) is 31.7 Å². The number of hydrogen-bond donors (Lipinski definition) is 2. The minimum absolute atomic E-state index is 0.0327. The Labute approximate surface area is 121 Å². The molecule has 1 aliphatic rings. The topological polar surface area (TPSA) is 66.6 Å². The standard InChI is InChI=1S/C14H19BrN2O2/c15-10-4-5-13(18)12(9-10)14(19)17-8-2-1-3-11(17)6-7-16/h4-5,9,11,18H,1-3,6-8,16H2. The highest BCUT2D eigenvalue weighted by Gasteiger charge is 2.28. The molecule has 0 bridgehead atoms. The number of hydrogen-bond acceptors (Lipinski definition) is 3. The average molecular weight is 327 g/mol. The van der Waals surface area contributed by atoms with Crippen molar-refractivity contribution in [3.8, 4) is 5.75 Å². The van der Waals surface area contributed by atoms with E-state index in [1.54, 1.807) is 18.2 Å². The van der Waals surface area contributed by atoms with E-state index in [2.05, 4.69) is 15.9 Å². The largest absolute Gasteiger partial charge is 0.507 e. The van der Waals surface area contributed by atoms with E-state index < -0.39 is 0 Å². The molecule has 19 heavy (non-hydrogen) atoms.